The molecule has 7 heteroatoms. The summed E-state index contributed by atoms with van der Waals surface area (Å²) in [6.07, 6.45) is 0. The smallest absolute Gasteiger partial charge is 0.338 e. The molecule has 0 amide bonds. The number of aryl methyl sites for hydroxylation is 2. The van der Waals surface area contributed by atoms with Crippen molar-refractivity contribution in [1.29, 1.82) is 0 Å². The van der Waals surface area contributed by atoms with Crippen LogP contribution in [-0.2, 0) is 11.3 Å². The lowest BCUT2D eigenvalue weighted by Crippen LogP contribution is -2.31. The molecule has 0 aromatic heterocycles. The third kappa shape index (κ3) is 5.17. The number of esters is 1. The number of halogens is 2. The summed E-state index contributed by atoms with van der Waals surface area (Å²) in [5.41, 5.74) is 2.98. The van der Waals surface area contributed by atoms with E-state index in [0.29, 0.717) is 10.7 Å². The third-order valence-electron chi connectivity index (χ3n) is 4.26. The molecule has 0 spiro atoms. The van der Waals surface area contributed by atoms with Crippen LogP contribution in [0.4, 0.5) is 10.1 Å². The molecule has 1 N–H and O–H groups in total. The van der Waals surface area contributed by atoms with E-state index in [9.17, 15) is 9.18 Å². The predicted octanol–water partition coefficient (Wildman–Crippen LogP) is 5.10. The van der Waals surface area contributed by atoms with Crippen molar-refractivity contribution in [2.75, 3.05) is 18.9 Å². The average molecular weight is 409 g/mol. The molecule has 0 saturated heterocycles. The fourth-order valence-corrected chi connectivity index (χ4v) is 2.87. The van der Waals surface area contributed by atoms with Gasteiger partial charge in [0.05, 0.1) is 10.6 Å². The van der Waals surface area contributed by atoms with Crippen LogP contribution in [0.1, 0.15) is 34.0 Å². The predicted molar refractivity (Wildman–Crippen MR) is 111 cm³/mol. The Labute approximate surface area is 169 Å². The first-order chi connectivity index (χ1) is 12.7. The Morgan fingerprint density at radius 3 is 2.63 bits per heavy atom. The highest BCUT2D eigenvalue weighted by molar-refractivity contribution is 7.80. The zero-order valence-electron chi connectivity index (χ0n) is 15.7. The van der Waals surface area contributed by atoms with Crippen LogP contribution in [0.3, 0.4) is 0 Å². The molecule has 0 atom stereocenters. The molecule has 0 aliphatic carbocycles. The highest BCUT2D eigenvalue weighted by atomic mass is 35.5. The summed E-state index contributed by atoms with van der Waals surface area (Å²) in [7, 11) is 1.90. The first-order valence-electron chi connectivity index (χ1n) is 8.48. The van der Waals surface area contributed by atoms with E-state index in [2.05, 4.69) is 5.32 Å². The molecule has 0 aliphatic heterocycles. The minimum Gasteiger partial charge on any atom is -0.457 e. The minimum absolute atomic E-state index is 0.160. The minimum atomic E-state index is -0.533. The van der Waals surface area contributed by atoms with Gasteiger partial charge in [-0.2, -0.15) is 0 Å². The van der Waals surface area contributed by atoms with Crippen LogP contribution in [0.2, 0.25) is 5.02 Å². The van der Waals surface area contributed by atoms with Gasteiger partial charge in [0, 0.05) is 24.8 Å². The Morgan fingerprint density at radius 1 is 1.30 bits per heavy atom. The summed E-state index contributed by atoms with van der Waals surface area (Å²) in [6, 6.07) is 7.92. The van der Waals surface area contributed by atoms with Gasteiger partial charge in [-0.1, -0.05) is 17.7 Å². The zero-order chi connectivity index (χ0) is 20.1. The van der Waals surface area contributed by atoms with Crippen molar-refractivity contribution < 1.29 is 13.9 Å². The summed E-state index contributed by atoms with van der Waals surface area (Å²) in [4.78, 5) is 14.4. The zero-order valence-corrected chi connectivity index (χ0v) is 17.3. The van der Waals surface area contributed by atoms with Gasteiger partial charge in [0.1, 0.15) is 12.4 Å². The number of ether oxygens (including phenoxy) is 1. The number of nitrogens with one attached hydrogen (secondary N) is 1. The Morgan fingerprint density at radius 2 is 2.00 bits per heavy atom. The molecule has 4 nitrogen and oxygen atoms in total. The monoisotopic (exact) mass is 408 g/mol. The molecule has 0 unspecified atom stereocenters. The number of rotatable bonds is 5. The highest BCUT2D eigenvalue weighted by Gasteiger charge is 2.16. The number of nitrogens with zero attached hydrogens (tertiary/aromatic N) is 1. The lowest BCUT2D eigenvalue weighted by Gasteiger charge is -2.20. The standard InChI is InChI=1S/C20H22ClFN2O2S/c1-5-24(4)20(27)23-18-10-12(2)14(9-13(18)3)19(25)26-11-15-16(21)7-6-8-17(15)22/h6-10H,5,11H2,1-4H3,(H,23,27). The van der Waals surface area contributed by atoms with Gasteiger partial charge >= 0.3 is 5.97 Å². The summed E-state index contributed by atoms with van der Waals surface area (Å²) >= 11 is 11.3. The second-order valence-corrected chi connectivity index (χ2v) is 7.00. The molecule has 27 heavy (non-hydrogen) atoms. The van der Waals surface area contributed by atoms with Crippen LogP contribution in [-0.4, -0.2) is 29.6 Å². The van der Waals surface area contributed by atoms with E-state index in [-0.39, 0.29) is 17.2 Å². The molecule has 2 rings (SSSR count). The fourth-order valence-electron chi connectivity index (χ4n) is 2.41. The molecule has 0 aliphatic rings. The van der Waals surface area contributed by atoms with Gasteiger partial charge in [-0.3, -0.25) is 0 Å². The molecular formula is C20H22ClFN2O2S. The first-order valence-corrected chi connectivity index (χ1v) is 9.26. The largest absolute Gasteiger partial charge is 0.457 e. The van der Waals surface area contributed by atoms with Crippen molar-refractivity contribution in [1.82, 2.24) is 4.90 Å². The number of hydrogen-bond acceptors (Lipinski definition) is 3. The number of anilines is 1. The third-order valence-corrected chi connectivity index (χ3v) is 5.03. The van der Waals surface area contributed by atoms with Crippen molar-refractivity contribution >= 4 is 40.6 Å². The van der Waals surface area contributed by atoms with Gasteiger partial charge in [0.25, 0.3) is 0 Å². The van der Waals surface area contributed by atoms with Gasteiger partial charge in [0.2, 0.25) is 0 Å². The second-order valence-electron chi connectivity index (χ2n) is 6.20. The van der Waals surface area contributed by atoms with Crippen molar-refractivity contribution in [2.45, 2.75) is 27.4 Å². The lowest BCUT2D eigenvalue weighted by molar-refractivity contribution is 0.0468. The van der Waals surface area contributed by atoms with E-state index in [1.54, 1.807) is 12.1 Å². The normalized spacial score (nSPS) is 10.4. The first kappa shape index (κ1) is 21.1. The van der Waals surface area contributed by atoms with Crippen LogP contribution >= 0.6 is 23.8 Å². The molecule has 0 heterocycles. The Kier molecular flexibility index (Phi) is 7.16. The Balaban J connectivity index is 2.15. The highest BCUT2D eigenvalue weighted by Crippen LogP contribution is 2.24. The molecule has 2 aromatic rings. The summed E-state index contributed by atoms with van der Waals surface area (Å²) in [5, 5.41) is 4.01. The van der Waals surface area contributed by atoms with Crippen LogP contribution in [0, 0.1) is 19.7 Å². The maximum absolute atomic E-state index is 13.8. The van der Waals surface area contributed by atoms with E-state index in [4.69, 9.17) is 28.6 Å². The molecule has 144 valence electrons. The maximum atomic E-state index is 13.8. The van der Waals surface area contributed by atoms with Crippen LogP contribution in [0.15, 0.2) is 30.3 Å². The van der Waals surface area contributed by atoms with Crippen LogP contribution in [0.5, 0.6) is 0 Å². The van der Waals surface area contributed by atoms with Gasteiger partial charge < -0.3 is 15.0 Å². The van der Waals surface area contributed by atoms with Crippen molar-refractivity contribution in [3.63, 3.8) is 0 Å². The molecule has 2 aromatic carbocycles. The van der Waals surface area contributed by atoms with Gasteiger partial charge in [-0.25, -0.2) is 9.18 Å². The van der Waals surface area contributed by atoms with E-state index in [0.717, 1.165) is 23.4 Å². The number of thiocarbonyl (C=S) groups is 1. The number of carbonyl (C=O) groups is 1. The van der Waals surface area contributed by atoms with Crippen molar-refractivity contribution in [3.8, 4) is 0 Å². The SMILES string of the molecule is CCN(C)C(=S)Nc1cc(C)c(C(=O)OCc2c(F)cccc2Cl)cc1C. The van der Waals surface area contributed by atoms with Crippen molar-refractivity contribution in [3.05, 3.63) is 63.4 Å². The van der Waals surface area contributed by atoms with Gasteiger partial charge in [0.15, 0.2) is 5.11 Å². The molecule has 0 saturated carbocycles. The van der Waals surface area contributed by atoms with E-state index in [1.165, 1.54) is 12.1 Å². The molecule has 0 radical (unpaired) electrons. The van der Waals surface area contributed by atoms with E-state index < -0.39 is 11.8 Å². The topological polar surface area (TPSA) is 41.6 Å². The quantitative estimate of drug-likeness (QED) is 0.550. The summed E-state index contributed by atoms with van der Waals surface area (Å²) < 4.78 is 19.1. The van der Waals surface area contributed by atoms with Gasteiger partial charge in [-0.05, 0) is 68.4 Å². The summed E-state index contributed by atoms with van der Waals surface area (Å²) in [5.74, 6) is -1.04. The lowest BCUT2D eigenvalue weighted by atomic mass is 10.0. The Hall–Kier alpha value is -2.18. The number of carbonyl (C=O) groups excluding carboxylic acids is 1. The van der Waals surface area contributed by atoms with Crippen molar-refractivity contribution in [2.24, 2.45) is 0 Å². The molecule has 0 bridgehead atoms. The summed E-state index contributed by atoms with van der Waals surface area (Å²) in [6.45, 7) is 6.25. The second kappa shape index (κ2) is 9.15. The average Bonchev–Trinajstić information content (AvgIpc) is 2.63. The van der Waals surface area contributed by atoms with E-state index >= 15 is 0 Å². The molecule has 0 fully saturated rings. The Bertz CT molecular complexity index is 853. The number of hydrogen-bond donors (Lipinski definition) is 1. The van der Waals surface area contributed by atoms with E-state index in [1.807, 2.05) is 38.8 Å². The molecular weight excluding hydrogens is 387 g/mol. The van der Waals surface area contributed by atoms with Crippen LogP contribution in [0.25, 0.3) is 0 Å². The van der Waals surface area contributed by atoms with Gasteiger partial charge in [-0.15, -0.1) is 0 Å². The maximum Gasteiger partial charge on any atom is 0.338 e. The van der Waals surface area contributed by atoms with Crippen LogP contribution < -0.4 is 5.32 Å². The number of benzene rings is 2. The fraction of sp³-hybridized carbons (Fsp3) is 0.300.